The van der Waals surface area contributed by atoms with Crippen LogP contribution in [0, 0.1) is 5.92 Å². The van der Waals surface area contributed by atoms with E-state index in [1.807, 2.05) is 13.8 Å². The number of carbonyl (C=O) groups is 1. The van der Waals surface area contributed by atoms with Gasteiger partial charge in [-0.25, -0.2) is 0 Å². The zero-order valence-corrected chi connectivity index (χ0v) is 8.99. The Morgan fingerprint density at radius 1 is 1.33 bits per heavy atom. The molecule has 4 nitrogen and oxygen atoms in total. The fourth-order valence-electron chi connectivity index (χ4n) is 1.09. The van der Waals surface area contributed by atoms with E-state index in [-0.39, 0.29) is 11.9 Å². The van der Waals surface area contributed by atoms with Crippen molar-refractivity contribution >= 4 is 17.3 Å². The van der Waals surface area contributed by atoms with Crippen LogP contribution >= 0.6 is 0 Å². The zero-order chi connectivity index (χ0) is 11.4. The third kappa shape index (κ3) is 3.16. The van der Waals surface area contributed by atoms with Gasteiger partial charge in [0.05, 0.1) is 5.92 Å². The minimum absolute atomic E-state index is 0.118. The Kier molecular flexibility index (Phi) is 3.55. The van der Waals surface area contributed by atoms with Crippen LogP contribution in [0.15, 0.2) is 18.2 Å². The Morgan fingerprint density at radius 3 is 2.33 bits per heavy atom. The number of anilines is 2. The monoisotopic (exact) mass is 208 g/mol. The Labute approximate surface area is 89.2 Å². The molecular weight excluding hydrogens is 192 g/mol. The Bertz CT molecular complexity index is 343. The van der Waals surface area contributed by atoms with Crippen molar-refractivity contribution in [2.75, 3.05) is 11.5 Å². The predicted octanol–water partition coefficient (Wildman–Crippen LogP) is 1.80. The third-order valence-electron chi connectivity index (χ3n) is 2.18. The van der Waals surface area contributed by atoms with E-state index < -0.39 is 0 Å². The molecule has 0 aromatic heterocycles. The van der Waals surface area contributed by atoms with Crippen molar-refractivity contribution in [1.82, 2.24) is 0 Å². The normalized spacial score (nSPS) is 12.1. The average Bonchev–Trinajstić information content (AvgIpc) is 2.14. The van der Waals surface area contributed by atoms with Crippen LogP contribution in [0.3, 0.4) is 0 Å². The number of nitrogens with two attached hydrogens (primary N) is 2. The van der Waals surface area contributed by atoms with Gasteiger partial charge in [0.25, 0.3) is 0 Å². The van der Waals surface area contributed by atoms with E-state index in [0.717, 1.165) is 6.42 Å². The Morgan fingerprint density at radius 2 is 1.87 bits per heavy atom. The number of benzene rings is 1. The maximum absolute atomic E-state index is 11.5. The maximum Gasteiger partial charge on any atom is 0.314 e. The highest BCUT2D eigenvalue weighted by atomic mass is 16.5. The molecule has 0 heterocycles. The van der Waals surface area contributed by atoms with Crippen LogP contribution in [0.4, 0.5) is 11.4 Å². The SMILES string of the molecule is CCC(C)C(=O)Oc1cc(N)cc(N)c1. The molecule has 82 valence electrons. The van der Waals surface area contributed by atoms with Gasteiger partial charge in [-0.05, 0) is 12.5 Å². The first-order valence-corrected chi connectivity index (χ1v) is 4.90. The van der Waals surface area contributed by atoms with E-state index in [9.17, 15) is 4.79 Å². The van der Waals surface area contributed by atoms with Crippen LogP contribution in [0.1, 0.15) is 20.3 Å². The molecule has 1 atom stereocenters. The van der Waals surface area contributed by atoms with Gasteiger partial charge >= 0.3 is 5.97 Å². The number of nitrogen functional groups attached to an aromatic ring is 2. The number of hydrogen-bond acceptors (Lipinski definition) is 4. The Hall–Kier alpha value is -1.71. The molecule has 4 N–H and O–H groups in total. The summed E-state index contributed by atoms with van der Waals surface area (Å²) in [5.74, 6) is 0.0213. The molecule has 0 fully saturated rings. The summed E-state index contributed by atoms with van der Waals surface area (Å²) >= 11 is 0. The molecule has 1 aromatic carbocycles. The van der Waals surface area contributed by atoms with Crippen LogP contribution in [-0.4, -0.2) is 5.97 Å². The summed E-state index contributed by atoms with van der Waals surface area (Å²) in [7, 11) is 0. The quantitative estimate of drug-likeness (QED) is 0.451. The highest BCUT2D eigenvalue weighted by Crippen LogP contribution is 2.21. The van der Waals surface area contributed by atoms with Crippen LogP contribution in [0.2, 0.25) is 0 Å². The van der Waals surface area contributed by atoms with Gasteiger partial charge < -0.3 is 16.2 Å². The first-order valence-electron chi connectivity index (χ1n) is 4.90. The van der Waals surface area contributed by atoms with E-state index in [1.165, 1.54) is 0 Å². The molecule has 0 amide bonds. The number of rotatable bonds is 3. The molecule has 1 aromatic rings. The largest absolute Gasteiger partial charge is 0.426 e. The molecule has 0 bridgehead atoms. The number of ether oxygens (including phenoxy) is 1. The summed E-state index contributed by atoms with van der Waals surface area (Å²) in [6, 6.07) is 4.77. The molecule has 4 heteroatoms. The second-order valence-corrected chi connectivity index (χ2v) is 3.57. The summed E-state index contributed by atoms with van der Waals surface area (Å²) in [5.41, 5.74) is 12.1. The van der Waals surface area contributed by atoms with Crippen molar-refractivity contribution < 1.29 is 9.53 Å². The molecule has 1 rings (SSSR count). The van der Waals surface area contributed by atoms with E-state index in [1.54, 1.807) is 18.2 Å². The van der Waals surface area contributed by atoms with Gasteiger partial charge in [-0.1, -0.05) is 13.8 Å². The van der Waals surface area contributed by atoms with Crippen molar-refractivity contribution in [3.05, 3.63) is 18.2 Å². The molecule has 0 saturated heterocycles. The molecule has 15 heavy (non-hydrogen) atoms. The lowest BCUT2D eigenvalue weighted by Crippen LogP contribution is -2.17. The first kappa shape index (κ1) is 11.4. The summed E-state index contributed by atoms with van der Waals surface area (Å²) in [6.45, 7) is 3.75. The van der Waals surface area contributed by atoms with Crippen LogP contribution < -0.4 is 16.2 Å². The lowest BCUT2D eigenvalue weighted by molar-refractivity contribution is -0.138. The van der Waals surface area contributed by atoms with Crippen LogP contribution in [0.5, 0.6) is 5.75 Å². The number of hydrogen-bond donors (Lipinski definition) is 2. The molecule has 0 aliphatic rings. The van der Waals surface area contributed by atoms with Gasteiger partial charge in [0, 0.05) is 23.5 Å². The van der Waals surface area contributed by atoms with Gasteiger partial charge in [0.2, 0.25) is 0 Å². The van der Waals surface area contributed by atoms with Crippen molar-refractivity contribution in [2.24, 2.45) is 5.92 Å². The summed E-state index contributed by atoms with van der Waals surface area (Å²) < 4.78 is 5.13. The maximum atomic E-state index is 11.5. The first-order chi connectivity index (χ1) is 7.02. The molecular formula is C11H16N2O2. The summed E-state index contributed by atoms with van der Waals surface area (Å²) in [6.07, 6.45) is 0.747. The highest BCUT2D eigenvalue weighted by Gasteiger charge is 2.13. The minimum Gasteiger partial charge on any atom is -0.426 e. The zero-order valence-electron chi connectivity index (χ0n) is 8.99. The second kappa shape index (κ2) is 4.68. The average molecular weight is 208 g/mol. The molecule has 0 spiro atoms. The van der Waals surface area contributed by atoms with Crippen molar-refractivity contribution in [3.8, 4) is 5.75 Å². The lowest BCUT2D eigenvalue weighted by Gasteiger charge is -2.09. The van der Waals surface area contributed by atoms with E-state index >= 15 is 0 Å². The summed E-state index contributed by atoms with van der Waals surface area (Å²) in [4.78, 5) is 11.5. The van der Waals surface area contributed by atoms with Gasteiger partial charge in [0.1, 0.15) is 5.75 Å². The van der Waals surface area contributed by atoms with Crippen molar-refractivity contribution in [3.63, 3.8) is 0 Å². The number of carbonyl (C=O) groups excluding carboxylic acids is 1. The lowest BCUT2D eigenvalue weighted by atomic mass is 10.1. The third-order valence-corrected chi connectivity index (χ3v) is 2.18. The smallest absolute Gasteiger partial charge is 0.314 e. The molecule has 0 aliphatic carbocycles. The molecule has 0 saturated carbocycles. The topological polar surface area (TPSA) is 78.3 Å². The van der Waals surface area contributed by atoms with Crippen molar-refractivity contribution in [2.45, 2.75) is 20.3 Å². The van der Waals surface area contributed by atoms with Gasteiger partial charge in [-0.3, -0.25) is 4.79 Å². The predicted molar refractivity (Wildman–Crippen MR) is 60.4 cm³/mol. The van der Waals surface area contributed by atoms with Gasteiger partial charge in [-0.15, -0.1) is 0 Å². The molecule has 0 radical (unpaired) electrons. The van der Waals surface area contributed by atoms with E-state index in [4.69, 9.17) is 16.2 Å². The fourth-order valence-corrected chi connectivity index (χ4v) is 1.09. The standard InChI is InChI=1S/C11H16N2O2/c1-3-7(2)11(14)15-10-5-8(12)4-9(13)6-10/h4-7H,3,12-13H2,1-2H3. The molecule has 0 aliphatic heterocycles. The van der Waals surface area contributed by atoms with Gasteiger partial charge in [0.15, 0.2) is 0 Å². The van der Waals surface area contributed by atoms with Crippen LogP contribution in [-0.2, 0) is 4.79 Å². The van der Waals surface area contributed by atoms with E-state index in [0.29, 0.717) is 17.1 Å². The Balaban J connectivity index is 2.76. The summed E-state index contributed by atoms with van der Waals surface area (Å²) in [5, 5.41) is 0. The fraction of sp³-hybridized carbons (Fsp3) is 0.364. The molecule has 1 unspecified atom stereocenters. The van der Waals surface area contributed by atoms with Crippen molar-refractivity contribution in [1.29, 1.82) is 0 Å². The van der Waals surface area contributed by atoms with E-state index in [2.05, 4.69) is 0 Å². The number of esters is 1. The highest BCUT2D eigenvalue weighted by molar-refractivity contribution is 5.75. The van der Waals surface area contributed by atoms with Crippen LogP contribution in [0.25, 0.3) is 0 Å². The second-order valence-electron chi connectivity index (χ2n) is 3.57. The minimum atomic E-state index is -0.262. The van der Waals surface area contributed by atoms with Gasteiger partial charge in [-0.2, -0.15) is 0 Å².